The molecule has 2 bridgehead atoms. The number of hydrogen-bond acceptors (Lipinski definition) is 3. The molecule has 0 radical (unpaired) electrons. The van der Waals surface area contributed by atoms with Crippen LogP contribution in [0, 0.1) is 17.3 Å². The van der Waals surface area contributed by atoms with Gasteiger partial charge in [0, 0.05) is 18.5 Å². The van der Waals surface area contributed by atoms with E-state index in [1.807, 2.05) is 12.4 Å². The minimum absolute atomic E-state index is 0.0216. The highest BCUT2D eigenvalue weighted by molar-refractivity contribution is 5.82. The van der Waals surface area contributed by atoms with Crippen molar-refractivity contribution in [1.82, 2.24) is 5.32 Å². The number of nitrogens with one attached hydrogen (secondary N) is 1. The first-order valence-electron chi connectivity index (χ1n) is 13.0. The molecule has 33 heavy (non-hydrogen) atoms. The summed E-state index contributed by atoms with van der Waals surface area (Å²) in [6, 6.07) is 0.578. The Bertz CT molecular complexity index is 1040. The predicted octanol–water partition coefficient (Wildman–Crippen LogP) is 6.38. The van der Waals surface area contributed by atoms with Gasteiger partial charge >= 0.3 is 0 Å². The first-order valence-corrected chi connectivity index (χ1v) is 13.0. The number of allylic oxidation sites excluding steroid dienone is 7. The molecule has 1 N–H and O–H groups in total. The monoisotopic (exact) mass is 442 g/mol. The van der Waals surface area contributed by atoms with E-state index in [-0.39, 0.29) is 16.6 Å². The molecule has 3 aliphatic carbocycles. The van der Waals surface area contributed by atoms with E-state index in [2.05, 4.69) is 67.3 Å². The van der Waals surface area contributed by atoms with E-state index in [4.69, 9.17) is 4.74 Å². The van der Waals surface area contributed by atoms with Crippen molar-refractivity contribution in [3.05, 3.63) is 71.5 Å². The summed E-state index contributed by atoms with van der Waals surface area (Å²) in [6.07, 6.45) is 28.4. The Morgan fingerprint density at radius 1 is 1.15 bits per heavy atom. The number of ether oxygens (including phenoxy) is 1. The lowest BCUT2D eigenvalue weighted by Crippen LogP contribution is -2.55. The molecule has 3 heteroatoms. The highest BCUT2D eigenvalue weighted by atomic mass is 16.5. The Hall–Kier alpha value is -1.97. The Balaban J connectivity index is 1.37. The summed E-state index contributed by atoms with van der Waals surface area (Å²) in [7, 11) is 2.11. The minimum atomic E-state index is -0.0810. The van der Waals surface area contributed by atoms with Crippen LogP contribution in [-0.2, 0) is 4.74 Å². The van der Waals surface area contributed by atoms with Crippen LogP contribution in [0.25, 0.3) is 0 Å². The van der Waals surface area contributed by atoms with Crippen LogP contribution in [0.3, 0.4) is 0 Å². The van der Waals surface area contributed by atoms with Crippen molar-refractivity contribution >= 4 is 6.21 Å². The topological polar surface area (TPSA) is 33.6 Å². The zero-order valence-electron chi connectivity index (χ0n) is 20.3. The van der Waals surface area contributed by atoms with Crippen molar-refractivity contribution in [2.45, 2.75) is 82.0 Å². The van der Waals surface area contributed by atoms with Gasteiger partial charge in [-0.15, -0.1) is 0 Å². The number of rotatable bonds is 2. The third kappa shape index (κ3) is 3.19. The van der Waals surface area contributed by atoms with Gasteiger partial charge in [0.15, 0.2) is 0 Å². The summed E-state index contributed by atoms with van der Waals surface area (Å²) in [5.41, 5.74) is 5.61. The van der Waals surface area contributed by atoms with Crippen molar-refractivity contribution < 1.29 is 4.74 Å². The number of hydrogen-bond donors (Lipinski definition) is 1. The maximum Gasteiger partial charge on any atom is 0.0974 e. The van der Waals surface area contributed by atoms with E-state index >= 15 is 0 Å². The summed E-state index contributed by atoms with van der Waals surface area (Å²) >= 11 is 0. The third-order valence-corrected chi connectivity index (χ3v) is 9.86. The highest BCUT2D eigenvalue weighted by Crippen LogP contribution is 2.68. The number of nitrogens with zero attached hydrogens (tertiary/aromatic N) is 1. The first-order chi connectivity index (χ1) is 16.0. The molecule has 0 aromatic heterocycles. The van der Waals surface area contributed by atoms with Gasteiger partial charge in [-0.25, -0.2) is 0 Å². The van der Waals surface area contributed by atoms with Gasteiger partial charge < -0.3 is 10.1 Å². The van der Waals surface area contributed by atoms with E-state index in [1.54, 1.807) is 5.57 Å². The second-order valence-corrected chi connectivity index (χ2v) is 11.5. The van der Waals surface area contributed by atoms with Crippen LogP contribution in [0.2, 0.25) is 0 Å². The predicted molar refractivity (Wildman–Crippen MR) is 136 cm³/mol. The van der Waals surface area contributed by atoms with Gasteiger partial charge in [0.25, 0.3) is 0 Å². The van der Waals surface area contributed by atoms with E-state index in [0.717, 1.165) is 24.8 Å². The highest BCUT2D eigenvalue weighted by Gasteiger charge is 2.66. The van der Waals surface area contributed by atoms with Gasteiger partial charge in [-0.2, -0.15) is 0 Å². The maximum absolute atomic E-state index is 7.37. The summed E-state index contributed by atoms with van der Waals surface area (Å²) < 4.78 is 7.37. The molecule has 0 amide bonds. The fourth-order valence-electron chi connectivity index (χ4n) is 8.26. The minimum Gasteiger partial charge on any atom is -0.359 e. The first kappa shape index (κ1) is 21.6. The van der Waals surface area contributed by atoms with Gasteiger partial charge in [-0.05, 0) is 104 Å². The van der Waals surface area contributed by atoms with Crippen molar-refractivity contribution in [2.75, 3.05) is 7.05 Å². The smallest absolute Gasteiger partial charge is 0.0974 e. The maximum atomic E-state index is 7.37. The molecule has 3 nitrogen and oxygen atoms in total. The molecule has 2 spiro atoms. The second-order valence-electron chi connectivity index (χ2n) is 11.5. The lowest BCUT2D eigenvalue weighted by molar-refractivity contribution is -0.137. The Kier molecular flexibility index (Phi) is 5.08. The summed E-state index contributed by atoms with van der Waals surface area (Å²) in [5, 5.41) is 3.55. The van der Waals surface area contributed by atoms with Gasteiger partial charge in [0.1, 0.15) is 0 Å². The molecule has 174 valence electrons. The van der Waals surface area contributed by atoms with Crippen LogP contribution in [-0.4, -0.2) is 30.5 Å². The molecule has 2 saturated carbocycles. The van der Waals surface area contributed by atoms with E-state index in [1.165, 1.54) is 49.7 Å². The Morgan fingerprint density at radius 2 is 2.06 bits per heavy atom. The molecule has 6 atom stereocenters. The molecule has 0 aromatic carbocycles. The lowest BCUT2D eigenvalue weighted by Gasteiger charge is -2.54. The summed E-state index contributed by atoms with van der Waals surface area (Å²) in [5.74, 6) is 1.11. The number of fused-ring (bicyclic) bond motifs is 1. The van der Waals surface area contributed by atoms with Crippen LogP contribution < -0.4 is 5.32 Å². The lowest BCUT2D eigenvalue weighted by atomic mass is 9.57. The Labute approximate surface area is 199 Å². The summed E-state index contributed by atoms with van der Waals surface area (Å²) in [4.78, 5) is 4.38. The van der Waals surface area contributed by atoms with Gasteiger partial charge in [0.2, 0.25) is 0 Å². The molecular formula is C30H38N2O. The normalized spacial score (nSPS) is 45.8. The van der Waals surface area contributed by atoms with Gasteiger partial charge in [-0.1, -0.05) is 50.0 Å². The second kappa shape index (κ2) is 7.78. The van der Waals surface area contributed by atoms with Crippen LogP contribution in [0.5, 0.6) is 0 Å². The van der Waals surface area contributed by atoms with Crippen molar-refractivity contribution in [3.8, 4) is 0 Å². The van der Waals surface area contributed by atoms with Gasteiger partial charge in [0.05, 0.1) is 11.2 Å². The zero-order chi connectivity index (χ0) is 22.7. The zero-order valence-corrected chi connectivity index (χ0v) is 20.3. The van der Waals surface area contributed by atoms with Crippen LogP contribution in [0.4, 0.5) is 0 Å². The van der Waals surface area contributed by atoms with Crippen molar-refractivity contribution in [3.63, 3.8) is 0 Å². The molecule has 1 saturated heterocycles. The fourth-order valence-corrected chi connectivity index (χ4v) is 8.26. The average molecular weight is 443 g/mol. The molecule has 0 aromatic rings. The van der Waals surface area contributed by atoms with Crippen molar-refractivity contribution in [2.24, 2.45) is 22.2 Å². The average Bonchev–Trinajstić information content (AvgIpc) is 3.32. The largest absolute Gasteiger partial charge is 0.359 e. The van der Waals surface area contributed by atoms with Crippen molar-refractivity contribution in [1.29, 1.82) is 0 Å². The molecular weight excluding hydrogens is 404 g/mol. The molecule has 3 heterocycles. The molecule has 3 fully saturated rings. The van der Waals surface area contributed by atoms with Gasteiger partial charge in [-0.3, -0.25) is 4.99 Å². The SMILES string of the molecule is C=C1C=N/C=C\C/C=C\C([C@H]2CC[C@@H]3[C@]2(C)CC=C2C=C4CC[C@@H](NC)C[C@]45CC[C@@]23O5)=C1. The fraction of sp³-hybridized carbons (Fsp3) is 0.567. The van der Waals surface area contributed by atoms with Crippen LogP contribution in [0.15, 0.2) is 76.5 Å². The van der Waals surface area contributed by atoms with E-state index < -0.39 is 0 Å². The molecule has 6 rings (SSSR count). The Morgan fingerprint density at radius 3 is 2.94 bits per heavy atom. The van der Waals surface area contributed by atoms with Crippen LogP contribution in [0.1, 0.15) is 64.7 Å². The van der Waals surface area contributed by atoms with E-state index in [9.17, 15) is 0 Å². The van der Waals surface area contributed by atoms with Crippen LogP contribution >= 0.6 is 0 Å². The molecule has 0 unspecified atom stereocenters. The molecule has 6 aliphatic rings. The molecule has 3 aliphatic heterocycles. The van der Waals surface area contributed by atoms with E-state index in [0.29, 0.717) is 17.9 Å². The standard InChI is InChI=1S/C30H38N2O/c1-21-17-22(7-5-4-6-16-32-20-21)26-10-11-27-28(26,2)13-12-24-18-23-8-9-25(31-3)19-29(23)14-15-30(24,27)33-29/h5-7,12,16-18,20,25-27,31H,1,4,8-11,13-15,19H2,2-3H3/b7-5-,16-6-,22-17?,32-20?/t25-,26-,27-,28-,29-,30-/m1/s1. The number of aliphatic imine (C=N–C) groups is 1. The quantitative estimate of drug-likeness (QED) is 0.539. The third-order valence-electron chi connectivity index (χ3n) is 9.86. The summed E-state index contributed by atoms with van der Waals surface area (Å²) in [6.45, 7) is 6.80.